The number of anilines is 1. The molecule has 0 aliphatic carbocycles. The average molecular weight is 370 g/mol. The van der Waals surface area contributed by atoms with Gasteiger partial charge < -0.3 is 4.90 Å². The van der Waals surface area contributed by atoms with Crippen molar-refractivity contribution in [2.75, 3.05) is 11.4 Å². The minimum absolute atomic E-state index is 0.0681. The fourth-order valence-electron chi connectivity index (χ4n) is 2.59. The van der Waals surface area contributed by atoms with Gasteiger partial charge in [-0.05, 0) is 42.3 Å². The highest BCUT2D eigenvalue weighted by molar-refractivity contribution is 9.10. The number of nitrogens with zero attached hydrogens (tertiary/aromatic N) is 1. The highest BCUT2D eigenvalue weighted by atomic mass is 79.9. The van der Waals surface area contributed by atoms with Crippen LogP contribution in [0.15, 0.2) is 59.1 Å². The van der Waals surface area contributed by atoms with Gasteiger partial charge in [-0.1, -0.05) is 46.3 Å². The van der Waals surface area contributed by atoms with Gasteiger partial charge in [0, 0.05) is 28.7 Å². The molecule has 1 aliphatic rings. The Morgan fingerprint density at radius 3 is 2.61 bits per heavy atom. The first-order valence-corrected chi connectivity index (χ1v) is 8.31. The Morgan fingerprint density at radius 1 is 1.13 bits per heavy atom. The third-order valence-corrected chi connectivity index (χ3v) is 4.34. The Hall–Kier alpha value is -2.20. The van der Waals surface area contributed by atoms with Gasteiger partial charge in [-0.25, -0.2) is 0 Å². The molecular weight excluding hydrogens is 354 g/mol. The summed E-state index contributed by atoms with van der Waals surface area (Å²) in [4.78, 5) is 25.9. The molecule has 0 unspecified atom stereocenters. The van der Waals surface area contributed by atoms with Crippen molar-refractivity contribution in [2.24, 2.45) is 0 Å². The normalized spacial score (nSPS) is 14.7. The summed E-state index contributed by atoms with van der Waals surface area (Å²) in [5, 5.41) is 0. The van der Waals surface area contributed by atoms with Gasteiger partial charge in [0.2, 0.25) is 5.91 Å². The number of halogens is 1. The molecule has 0 spiro atoms. The number of carbonyl (C=O) groups excluding carboxylic acids is 2. The lowest BCUT2D eigenvalue weighted by Gasteiger charge is -2.16. The molecule has 116 valence electrons. The second-order valence-corrected chi connectivity index (χ2v) is 6.36. The first kappa shape index (κ1) is 15.7. The van der Waals surface area contributed by atoms with Crippen molar-refractivity contribution in [3.63, 3.8) is 0 Å². The molecule has 0 aromatic heterocycles. The molecule has 23 heavy (non-hydrogen) atoms. The molecule has 0 atom stereocenters. The summed E-state index contributed by atoms with van der Waals surface area (Å²) in [6, 6.07) is 15.0. The molecule has 0 N–H and O–H groups in total. The van der Waals surface area contributed by atoms with Crippen molar-refractivity contribution in [1.29, 1.82) is 0 Å². The largest absolute Gasteiger partial charge is 0.312 e. The van der Waals surface area contributed by atoms with Crippen LogP contribution < -0.4 is 4.90 Å². The van der Waals surface area contributed by atoms with Gasteiger partial charge in [-0.15, -0.1) is 0 Å². The summed E-state index contributed by atoms with van der Waals surface area (Å²) in [6.07, 6.45) is 4.82. The maximum absolute atomic E-state index is 12.3. The molecule has 3 nitrogen and oxygen atoms in total. The van der Waals surface area contributed by atoms with Crippen molar-refractivity contribution in [1.82, 2.24) is 0 Å². The standard InChI is InChI=1S/C19H16BrNO2/c20-16-9-6-14(7-10-16)8-11-18(22)15-3-1-4-17(13-15)21-12-2-5-19(21)23/h1,3-4,6-11,13H,2,5,12H2/b11-8+. The maximum Gasteiger partial charge on any atom is 0.227 e. The van der Waals surface area contributed by atoms with E-state index in [-0.39, 0.29) is 11.7 Å². The Balaban J connectivity index is 1.77. The molecule has 0 saturated carbocycles. The van der Waals surface area contributed by atoms with Gasteiger partial charge in [0.1, 0.15) is 0 Å². The molecule has 2 aromatic carbocycles. The smallest absolute Gasteiger partial charge is 0.227 e. The van der Waals surface area contributed by atoms with E-state index in [0.717, 1.165) is 28.7 Å². The van der Waals surface area contributed by atoms with Crippen LogP contribution in [-0.2, 0) is 4.79 Å². The number of ketones is 1. The number of allylic oxidation sites excluding steroid dienone is 1. The number of carbonyl (C=O) groups is 2. The van der Waals surface area contributed by atoms with Crippen molar-refractivity contribution in [2.45, 2.75) is 12.8 Å². The average Bonchev–Trinajstić information content (AvgIpc) is 3.00. The van der Waals surface area contributed by atoms with Crippen LogP contribution in [0, 0.1) is 0 Å². The van der Waals surface area contributed by atoms with Crippen LogP contribution in [0.3, 0.4) is 0 Å². The van der Waals surface area contributed by atoms with Crippen molar-refractivity contribution < 1.29 is 9.59 Å². The van der Waals surface area contributed by atoms with Gasteiger partial charge in [0.25, 0.3) is 0 Å². The highest BCUT2D eigenvalue weighted by Gasteiger charge is 2.21. The van der Waals surface area contributed by atoms with E-state index in [4.69, 9.17) is 0 Å². The lowest BCUT2D eigenvalue weighted by Crippen LogP contribution is -2.23. The fraction of sp³-hybridized carbons (Fsp3) is 0.158. The third-order valence-electron chi connectivity index (χ3n) is 3.81. The molecule has 2 aromatic rings. The Labute approximate surface area is 143 Å². The summed E-state index contributed by atoms with van der Waals surface area (Å²) in [5.41, 5.74) is 2.36. The van der Waals surface area contributed by atoms with E-state index in [9.17, 15) is 9.59 Å². The molecule has 1 saturated heterocycles. The van der Waals surface area contributed by atoms with E-state index in [1.54, 1.807) is 29.2 Å². The van der Waals surface area contributed by atoms with Gasteiger partial charge >= 0.3 is 0 Å². The zero-order chi connectivity index (χ0) is 16.2. The van der Waals surface area contributed by atoms with E-state index in [2.05, 4.69) is 15.9 Å². The van der Waals surface area contributed by atoms with E-state index in [1.807, 2.05) is 36.4 Å². The number of benzene rings is 2. The Kier molecular flexibility index (Phi) is 4.72. The zero-order valence-electron chi connectivity index (χ0n) is 12.5. The molecular formula is C19H16BrNO2. The third kappa shape index (κ3) is 3.77. The summed E-state index contributed by atoms with van der Waals surface area (Å²) in [5.74, 6) is 0.0569. The highest BCUT2D eigenvalue weighted by Crippen LogP contribution is 2.22. The van der Waals surface area contributed by atoms with E-state index in [1.165, 1.54) is 0 Å². The van der Waals surface area contributed by atoms with Crippen LogP contribution in [-0.4, -0.2) is 18.2 Å². The fourth-order valence-corrected chi connectivity index (χ4v) is 2.85. The molecule has 1 amide bonds. The lowest BCUT2D eigenvalue weighted by atomic mass is 10.1. The Bertz CT molecular complexity index is 765. The SMILES string of the molecule is O=C(/C=C/c1ccc(Br)cc1)c1cccc(N2CCCC2=O)c1. The van der Waals surface area contributed by atoms with E-state index in [0.29, 0.717) is 12.0 Å². The van der Waals surface area contributed by atoms with Crippen molar-refractivity contribution >= 4 is 39.4 Å². The second kappa shape index (κ2) is 6.92. The quantitative estimate of drug-likeness (QED) is 0.588. The molecule has 0 bridgehead atoms. The first-order valence-electron chi connectivity index (χ1n) is 7.52. The van der Waals surface area contributed by atoms with Gasteiger partial charge in [-0.2, -0.15) is 0 Å². The first-order chi connectivity index (χ1) is 11.1. The number of hydrogen-bond donors (Lipinski definition) is 0. The summed E-state index contributed by atoms with van der Waals surface area (Å²) in [7, 11) is 0. The monoisotopic (exact) mass is 369 g/mol. The molecule has 0 radical (unpaired) electrons. The molecule has 1 fully saturated rings. The molecule has 1 heterocycles. The predicted octanol–water partition coefficient (Wildman–Crippen LogP) is 4.47. The van der Waals surface area contributed by atoms with E-state index < -0.39 is 0 Å². The van der Waals surface area contributed by atoms with Crippen LogP contribution in [0.25, 0.3) is 6.08 Å². The molecule has 3 rings (SSSR count). The Morgan fingerprint density at radius 2 is 1.91 bits per heavy atom. The van der Waals surface area contributed by atoms with Crippen LogP contribution >= 0.6 is 15.9 Å². The summed E-state index contributed by atoms with van der Waals surface area (Å²) in [6.45, 7) is 0.727. The maximum atomic E-state index is 12.3. The number of hydrogen-bond acceptors (Lipinski definition) is 2. The second-order valence-electron chi connectivity index (χ2n) is 5.45. The topological polar surface area (TPSA) is 37.4 Å². The van der Waals surface area contributed by atoms with E-state index >= 15 is 0 Å². The minimum Gasteiger partial charge on any atom is -0.312 e. The van der Waals surface area contributed by atoms with Crippen LogP contribution in [0.1, 0.15) is 28.8 Å². The van der Waals surface area contributed by atoms with Crippen molar-refractivity contribution in [3.05, 3.63) is 70.2 Å². The van der Waals surface area contributed by atoms with Gasteiger partial charge in [-0.3, -0.25) is 9.59 Å². The van der Waals surface area contributed by atoms with Gasteiger partial charge in [0.15, 0.2) is 5.78 Å². The van der Waals surface area contributed by atoms with Crippen LogP contribution in [0.2, 0.25) is 0 Å². The molecule has 4 heteroatoms. The zero-order valence-corrected chi connectivity index (χ0v) is 14.1. The lowest BCUT2D eigenvalue weighted by molar-refractivity contribution is -0.117. The predicted molar refractivity (Wildman–Crippen MR) is 95.5 cm³/mol. The summed E-state index contributed by atoms with van der Waals surface area (Å²) >= 11 is 3.38. The number of amides is 1. The van der Waals surface area contributed by atoms with Gasteiger partial charge in [0.05, 0.1) is 0 Å². The number of rotatable bonds is 4. The summed E-state index contributed by atoms with van der Waals surface area (Å²) < 4.78 is 1.00. The van der Waals surface area contributed by atoms with Crippen molar-refractivity contribution in [3.8, 4) is 0 Å². The molecule has 1 aliphatic heterocycles. The van der Waals surface area contributed by atoms with Crippen LogP contribution in [0.5, 0.6) is 0 Å². The van der Waals surface area contributed by atoms with Crippen LogP contribution in [0.4, 0.5) is 5.69 Å². The minimum atomic E-state index is -0.0681.